The van der Waals surface area contributed by atoms with E-state index in [-0.39, 0.29) is 0 Å². The highest BCUT2D eigenvalue weighted by atomic mass is 16.3. The molecule has 78 valence electrons. The number of aryl methyl sites for hydroxylation is 1. The third-order valence-electron chi connectivity index (χ3n) is 1.86. The van der Waals surface area contributed by atoms with Crippen LogP contribution in [0.1, 0.15) is 39.2 Å². The van der Waals surface area contributed by atoms with Crippen LogP contribution in [-0.2, 0) is 6.42 Å². The van der Waals surface area contributed by atoms with Crippen LogP contribution in [0.25, 0.3) is 0 Å². The number of hydrogen-bond donors (Lipinski definition) is 0. The maximum absolute atomic E-state index is 10.1. The van der Waals surface area contributed by atoms with Crippen molar-refractivity contribution < 1.29 is 0 Å². The zero-order valence-corrected chi connectivity index (χ0v) is 9.29. The van der Waals surface area contributed by atoms with E-state index in [1.165, 1.54) is 18.4 Å². The Hall–Kier alpha value is -1.18. The van der Waals surface area contributed by atoms with E-state index in [2.05, 4.69) is 12.1 Å². The lowest BCUT2D eigenvalue weighted by Gasteiger charge is -1.98. The SMILES string of the molecule is CC.CCCCc1ccc(N=O)cc1. The zero-order chi connectivity index (χ0) is 10.8. The zero-order valence-electron chi connectivity index (χ0n) is 9.29. The molecule has 0 aliphatic carbocycles. The van der Waals surface area contributed by atoms with E-state index in [0.717, 1.165) is 6.42 Å². The highest BCUT2D eigenvalue weighted by Gasteiger charge is 1.93. The van der Waals surface area contributed by atoms with Crippen molar-refractivity contribution in [3.05, 3.63) is 34.7 Å². The lowest BCUT2D eigenvalue weighted by atomic mass is 10.1. The molecule has 0 N–H and O–H groups in total. The maximum atomic E-state index is 10.1. The molecule has 1 rings (SSSR count). The molecule has 0 saturated heterocycles. The molecule has 0 unspecified atom stereocenters. The average molecular weight is 193 g/mol. The van der Waals surface area contributed by atoms with Gasteiger partial charge in [0.1, 0.15) is 5.69 Å². The van der Waals surface area contributed by atoms with Crippen LogP contribution in [0, 0.1) is 4.91 Å². The van der Waals surface area contributed by atoms with Crippen molar-refractivity contribution in [3.63, 3.8) is 0 Å². The van der Waals surface area contributed by atoms with Crippen LogP contribution in [0.2, 0.25) is 0 Å². The summed E-state index contributed by atoms with van der Waals surface area (Å²) >= 11 is 0. The summed E-state index contributed by atoms with van der Waals surface area (Å²) in [6.07, 6.45) is 3.50. The Labute approximate surface area is 86.3 Å². The molecule has 2 nitrogen and oxygen atoms in total. The summed E-state index contributed by atoms with van der Waals surface area (Å²) in [7, 11) is 0. The molecule has 0 heterocycles. The van der Waals surface area contributed by atoms with Crippen LogP contribution >= 0.6 is 0 Å². The van der Waals surface area contributed by atoms with Crippen molar-refractivity contribution >= 4 is 5.69 Å². The van der Waals surface area contributed by atoms with Crippen LogP contribution in [0.4, 0.5) is 5.69 Å². The lowest BCUT2D eigenvalue weighted by molar-refractivity contribution is 0.795. The Morgan fingerprint density at radius 3 is 2.14 bits per heavy atom. The number of benzene rings is 1. The van der Waals surface area contributed by atoms with Gasteiger partial charge in [0.2, 0.25) is 0 Å². The predicted molar refractivity (Wildman–Crippen MR) is 61.9 cm³/mol. The van der Waals surface area contributed by atoms with E-state index in [0.29, 0.717) is 5.69 Å². The molecule has 0 aromatic heterocycles. The number of nitroso groups, excluding NO2 is 1. The Morgan fingerprint density at radius 1 is 1.14 bits per heavy atom. The molecule has 0 fully saturated rings. The number of unbranched alkanes of at least 4 members (excludes halogenated alkanes) is 1. The van der Waals surface area contributed by atoms with E-state index in [1.54, 1.807) is 12.1 Å². The first-order valence-corrected chi connectivity index (χ1v) is 5.29. The summed E-state index contributed by atoms with van der Waals surface area (Å²) in [5, 5.41) is 2.84. The second-order valence-corrected chi connectivity index (χ2v) is 2.86. The van der Waals surface area contributed by atoms with E-state index < -0.39 is 0 Å². The van der Waals surface area contributed by atoms with Crippen molar-refractivity contribution in [2.24, 2.45) is 5.18 Å². The molecule has 0 bridgehead atoms. The van der Waals surface area contributed by atoms with Gasteiger partial charge in [0.25, 0.3) is 0 Å². The van der Waals surface area contributed by atoms with Gasteiger partial charge in [-0.05, 0) is 35.7 Å². The highest BCUT2D eigenvalue weighted by molar-refractivity contribution is 5.38. The first-order chi connectivity index (χ1) is 6.86. The van der Waals surface area contributed by atoms with Gasteiger partial charge in [-0.1, -0.05) is 39.3 Å². The van der Waals surface area contributed by atoms with E-state index in [9.17, 15) is 4.91 Å². The van der Waals surface area contributed by atoms with E-state index in [4.69, 9.17) is 0 Å². The smallest absolute Gasteiger partial charge is 0.108 e. The Kier molecular flexibility index (Phi) is 7.71. The second-order valence-electron chi connectivity index (χ2n) is 2.86. The summed E-state index contributed by atoms with van der Waals surface area (Å²) in [5.74, 6) is 0. The third-order valence-corrected chi connectivity index (χ3v) is 1.86. The van der Waals surface area contributed by atoms with Gasteiger partial charge in [-0.25, -0.2) is 0 Å². The molecule has 2 heteroatoms. The average Bonchev–Trinajstić information content (AvgIpc) is 2.30. The summed E-state index contributed by atoms with van der Waals surface area (Å²) < 4.78 is 0. The van der Waals surface area contributed by atoms with E-state index >= 15 is 0 Å². The Balaban J connectivity index is 0.000000791. The molecule has 0 spiro atoms. The van der Waals surface area contributed by atoms with Gasteiger partial charge >= 0.3 is 0 Å². The van der Waals surface area contributed by atoms with Crippen molar-refractivity contribution in [2.75, 3.05) is 0 Å². The molecule has 0 saturated carbocycles. The van der Waals surface area contributed by atoms with Crippen LogP contribution in [0.3, 0.4) is 0 Å². The number of nitrogens with zero attached hydrogens (tertiary/aromatic N) is 1. The molecule has 0 aliphatic rings. The highest BCUT2D eigenvalue weighted by Crippen LogP contribution is 2.13. The third kappa shape index (κ3) is 4.75. The van der Waals surface area contributed by atoms with Crippen LogP contribution in [0.5, 0.6) is 0 Å². The predicted octanol–water partition coefficient (Wildman–Crippen LogP) is 4.45. The Bertz CT molecular complexity index is 241. The monoisotopic (exact) mass is 193 g/mol. The fraction of sp³-hybridized carbons (Fsp3) is 0.500. The summed E-state index contributed by atoms with van der Waals surface area (Å²) in [6.45, 7) is 6.17. The number of rotatable bonds is 4. The van der Waals surface area contributed by atoms with Gasteiger partial charge in [-0.15, -0.1) is 4.91 Å². The first kappa shape index (κ1) is 12.8. The van der Waals surface area contributed by atoms with Gasteiger partial charge < -0.3 is 0 Å². The van der Waals surface area contributed by atoms with Crippen LogP contribution < -0.4 is 0 Å². The second kappa shape index (κ2) is 8.42. The van der Waals surface area contributed by atoms with Crippen molar-refractivity contribution in [1.82, 2.24) is 0 Å². The normalized spacial score (nSPS) is 8.79. The molecule has 14 heavy (non-hydrogen) atoms. The molecule has 0 radical (unpaired) electrons. The minimum absolute atomic E-state index is 0.509. The van der Waals surface area contributed by atoms with Gasteiger partial charge in [-0.3, -0.25) is 0 Å². The topological polar surface area (TPSA) is 29.4 Å². The Morgan fingerprint density at radius 2 is 1.71 bits per heavy atom. The minimum atomic E-state index is 0.509. The van der Waals surface area contributed by atoms with Crippen LogP contribution in [-0.4, -0.2) is 0 Å². The molecule has 0 aliphatic heterocycles. The largest absolute Gasteiger partial charge is 0.145 e. The van der Waals surface area contributed by atoms with Gasteiger partial charge in [0, 0.05) is 0 Å². The molecule has 0 atom stereocenters. The molecule has 1 aromatic rings. The summed E-state index contributed by atoms with van der Waals surface area (Å²) in [5.41, 5.74) is 1.79. The van der Waals surface area contributed by atoms with Crippen molar-refractivity contribution in [3.8, 4) is 0 Å². The fourth-order valence-electron chi connectivity index (χ4n) is 1.10. The van der Waals surface area contributed by atoms with Gasteiger partial charge in [-0.2, -0.15) is 0 Å². The lowest BCUT2D eigenvalue weighted by Crippen LogP contribution is -1.82. The van der Waals surface area contributed by atoms with Gasteiger partial charge in [0.05, 0.1) is 0 Å². The van der Waals surface area contributed by atoms with Gasteiger partial charge in [0.15, 0.2) is 0 Å². The van der Waals surface area contributed by atoms with Crippen molar-refractivity contribution in [2.45, 2.75) is 40.0 Å². The standard InChI is InChI=1S/C10H13NO.C2H6/c1-2-3-4-9-5-7-10(11-12)8-6-9;1-2/h5-8H,2-4H2,1H3;1-2H3. The van der Waals surface area contributed by atoms with E-state index in [1.807, 2.05) is 26.0 Å². The quantitative estimate of drug-likeness (QED) is 0.649. The summed E-state index contributed by atoms with van der Waals surface area (Å²) in [4.78, 5) is 10.1. The summed E-state index contributed by atoms with van der Waals surface area (Å²) in [6, 6.07) is 7.45. The maximum Gasteiger partial charge on any atom is 0.108 e. The first-order valence-electron chi connectivity index (χ1n) is 5.29. The molecule has 0 amide bonds. The molecular weight excluding hydrogens is 174 g/mol. The fourth-order valence-corrected chi connectivity index (χ4v) is 1.10. The molecular formula is C12H19NO. The number of hydrogen-bond acceptors (Lipinski definition) is 2. The van der Waals surface area contributed by atoms with Crippen LogP contribution in [0.15, 0.2) is 29.4 Å². The minimum Gasteiger partial charge on any atom is -0.145 e. The van der Waals surface area contributed by atoms with Crippen molar-refractivity contribution in [1.29, 1.82) is 0 Å². The molecule has 1 aromatic carbocycles.